The molecule has 24 heavy (non-hydrogen) atoms. The molecule has 1 aromatic heterocycles. The van der Waals surface area contributed by atoms with Gasteiger partial charge in [0.25, 0.3) is 0 Å². The van der Waals surface area contributed by atoms with Crippen LogP contribution >= 0.6 is 0 Å². The van der Waals surface area contributed by atoms with Gasteiger partial charge in [0, 0.05) is 11.6 Å². The zero-order valence-corrected chi connectivity index (χ0v) is 12.6. The summed E-state index contributed by atoms with van der Waals surface area (Å²) in [5, 5.41) is 0.956. The number of carbonyl (C=O) groups excluding carboxylic acids is 1. The van der Waals surface area contributed by atoms with Gasteiger partial charge in [-0.15, -0.1) is 13.2 Å². The zero-order valence-electron chi connectivity index (χ0n) is 12.6. The molecular weight excluding hydrogens is 327 g/mol. The molecule has 0 saturated heterocycles. The molecule has 0 fully saturated rings. The lowest BCUT2D eigenvalue weighted by atomic mass is 10.1. The highest BCUT2D eigenvalue weighted by molar-refractivity contribution is 5.96. The highest BCUT2D eigenvalue weighted by atomic mass is 19.4. The molecule has 0 bridgehead atoms. The largest absolute Gasteiger partial charge is 0.573 e. The van der Waals surface area contributed by atoms with Crippen molar-refractivity contribution in [3.05, 3.63) is 41.9 Å². The van der Waals surface area contributed by atoms with Crippen molar-refractivity contribution in [1.82, 2.24) is 4.98 Å². The Balaban J connectivity index is 2.42. The molecule has 0 atom stereocenters. The molecule has 0 spiro atoms. The maximum absolute atomic E-state index is 12.3. The van der Waals surface area contributed by atoms with Crippen molar-refractivity contribution < 1.29 is 27.4 Å². The van der Waals surface area contributed by atoms with Crippen LogP contribution in [-0.4, -0.2) is 23.9 Å². The number of alkyl halides is 3. The van der Waals surface area contributed by atoms with Gasteiger partial charge in [0.1, 0.15) is 11.4 Å². The lowest BCUT2D eigenvalue weighted by Gasteiger charge is -2.10. The SMILES string of the molecule is CCOC(=O)/C(N)=C(/N)c1cc2cc(OC(F)(F)F)ccc2cn1. The summed E-state index contributed by atoms with van der Waals surface area (Å²) in [7, 11) is 0. The van der Waals surface area contributed by atoms with Crippen molar-refractivity contribution >= 4 is 22.4 Å². The van der Waals surface area contributed by atoms with E-state index < -0.39 is 12.3 Å². The van der Waals surface area contributed by atoms with Gasteiger partial charge in [-0.3, -0.25) is 4.98 Å². The second-order valence-electron chi connectivity index (χ2n) is 4.67. The van der Waals surface area contributed by atoms with Crippen molar-refractivity contribution in [2.45, 2.75) is 13.3 Å². The maximum Gasteiger partial charge on any atom is 0.573 e. The van der Waals surface area contributed by atoms with E-state index >= 15 is 0 Å². The summed E-state index contributed by atoms with van der Waals surface area (Å²) in [6.07, 6.45) is -3.40. The first-order valence-electron chi connectivity index (χ1n) is 6.79. The van der Waals surface area contributed by atoms with Crippen LogP contribution in [0.25, 0.3) is 16.5 Å². The Bertz CT molecular complexity index is 803. The van der Waals surface area contributed by atoms with Crippen LogP contribution in [0.4, 0.5) is 13.2 Å². The van der Waals surface area contributed by atoms with Gasteiger partial charge < -0.3 is 20.9 Å². The molecule has 9 heteroatoms. The van der Waals surface area contributed by atoms with Crippen LogP contribution in [-0.2, 0) is 9.53 Å². The average Bonchev–Trinajstić information content (AvgIpc) is 2.51. The van der Waals surface area contributed by atoms with Crippen LogP contribution in [0.2, 0.25) is 0 Å². The first-order valence-corrected chi connectivity index (χ1v) is 6.79. The number of nitrogens with zero attached hydrogens (tertiary/aromatic N) is 1. The van der Waals surface area contributed by atoms with Crippen molar-refractivity contribution in [3.63, 3.8) is 0 Å². The molecule has 1 heterocycles. The lowest BCUT2D eigenvalue weighted by molar-refractivity contribution is -0.274. The van der Waals surface area contributed by atoms with Gasteiger partial charge in [0.2, 0.25) is 0 Å². The van der Waals surface area contributed by atoms with E-state index in [1.807, 2.05) is 0 Å². The minimum absolute atomic E-state index is 0.121. The molecule has 4 N–H and O–H groups in total. The Morgan fingerprint density at radius 2 is 1.92 bits per heavy atom. The fraction of sp³-hybridized carbons (Fsp3) is 0.200. The summed E-state index contributed by atoms with van der Waals surface area (Å²) in [5.74, 6) is -1.18. The maximum atomic E-state index is 12.3. The number of hydrogen-bond acceptors (Lipinski definition) is 6. The molecule has 0 aliphatic heterocycles. The number of halogens is 3. The molecule has 0 saturated carbocycles. The van der Waals surface area contributed by atoms with Crippen LogP contribution in [0.3, 0.4) is 0 Å². The van der Waals surface area contributed by atoms with Crippen LogP contribution in [0.15, 0.2) is 36.2 Å². The van der Waals surface area contributed by atoms with Crippen molar-refractivity contribution in [1.29, 1.82) is 0 Å². The Hall–Kier alpha value is -2.97. The Morgan fingerprint density at radius 1 is 1.21 bits per heavy atom. The zero-order chi connectivity index (χ0) is 17.9. The highest BCUT2D eigenvalue weighted by Gasteiger charge is 2.31. The summed E-state index contributed by atoms with van der Waals surface area (Å²) in [6, 6.07) is 5.17. The number of nitrogens with two attached hydrogens (primary N) is 2. The minimum atomic E-state index is -4.79. The average molecular weight is 341 g/mol. The van der Waals surface area contributed by atoms with Gasteiger partial charge in [-0.2, -0.15) is 0 Å². The summed E-state index contributed by atoms with van der Waals surface area (Å²) in [4.78, 5) is 15.6. The van der Waals surface area contributed by atoms with E-state index in [2.05, 4.69) is 9.72 Å². The van der Waals surface area contributed by atoms with Crippen molar-refractivity contribution in [3.8, 4) is 5.75 Å². The van der Waals surface area contributed by atoms with Crippen LogP contribution in [0.5, 0.6) is 5.75 Å². The van der Waals surface area contributed by atoms with Crippen LogP contribution < -0.4 is 16.2 Å². The van der Waals surface area contributed by atoms with E-state index in [9.17, 15) is 18.0 Å². The van der Waals surface area contributed by atoms with Gasteiger partial charge in [-0.05, 0) is 36.6 Å². The number of carbonyl (C=O) groups is 1. The Morgan fingerprint density at radius 3 is 2.54 bits per heavy atom. The van der Waals surface area contributed by atoms with Gasteiger partial charge in [0.05, 0.1) is 18.0 Å². The van der Waals surface area contributed by atoms with Crippen LogP contribution in [0.1, 0.15) is 12.6 Å². The smallest absolute Gasteiger partial charge is 0.461 e. The van der Waals surface area contributed by atoms with Crippen molar-refractivity contribution in [2.24, 2.45) is 11.5 Å². The molecule has 0 radical (unpaired) electrons. The summed E-state index contributed by atoms with van der Waals surface area (Å²) in [6.45, 7) is 1.73. The van der Waals surface area contributed by atoms with Gasteiger partial charge >= 0.3 is 12.3 Å². The van der Waals surface area contributed by atoms with E-state index in [4.69, 9.17) is 16.2 Å². The van der Waals surface area contributed by atoms with E-state index in [1.54, 1.807) is 6.92 Å². The summed E-state index contributed by atoms with van der Waals surface area (Å²) in [5.41, 5.74) is 11.1. The number of hydrogen-bond donors (Lipinski definition) is 2. The Labute approximate surface area is 134 Å². The van der Waals surface area contributed by atoms with Crippen LogP contribution in [0, 0.1) is 0 Å². The molecule has 128 valence electrons. The topological polar surface area (TPSA) is 100 Å². The molecule has 6 nitrogen and oxygen atoms in total. The second-order valence-corrected chi connectivity index (χ2v) is 4.67. The van der Waals surface area contributed by atoms with Crippen molar-refractivity contribution in [2.75, 3.05) is 6.61 Å². The fourth-order valence-electron chi connectivity index (χ4n) is 1.92. The predicted octanol–water partition coefficient (Wildman–Crippen LogP) is 2.28. The number of pyridine rings is 1. The number of fused-ring (bicyclic) bond motifs is 1. The molecule has 2 aromatic rings. The van der Waals surface area contributed by atoms with Gasteiger partial charge in [-0.25, -0.2) is 4.79 Å². The lowest BCUT2D eigenvalue weighted by Crippen LogP contribution is -2.20. The predicted molar refractivity (Wildman–Crippen MR) is 80.4 cm³/mol. The molecule has 0 aliphatic rings. The first kappa shape index (κ1) is 17.4. The third kappa shape index (κ3) is 4.06. The number of aromatic nitrogens is 1. The molecule has 0 aliphatic carbocycles. The molecular formula is C15H14F3N3O3. The normalized spacial score (nSPS) is 12.7. The van der Waals surface area contributed by atoms with E-state index in [-0.39, 0.29) is 29.4 Å². The van der Waals surface area contributed by atoms with E-state index in [0.29, 0.717) is 10.8 Å². The summed E-state index contributed by atoms with van der Waals surface area (Å²) < 4.78 is 45.5. The molecule has 0 unspecified atom stereocenters. The molecule has 1 aromatic carbocycles. The fourth-order valence-corrected chi connectivity index (χ4v) is 1.92. The monoisotopic (exact) mass is 341 g/mol. The number of ether oxygens (including phenoxy) is 2. The van der Waals surface area contributed by atoms with E-state index in [0.717, 1.165) is 0 Å². The first-order chi connectivity index (χ1) is 11.2. The van der Waals surface area contributed by atoms with Gasteiger partial charge in [0.15, 0.2) is 0 Å². The summed E-state index contributed by atoms with van der Waals surface area (Å²) >= 11 is 0. The van der Waals surface area contributed by atoms with E-state index in [1.165, 1.54) is 30.5 Å². The highest BCUT2D eigenvalue weighted by Crippen LogP contribution is 2.27. The quantitative estimate of drug-likeness (QED) is 0.654. The number of esters is 1. The molecule has 2 rings (SSSR count). The van der Waals surface area contributed by atoms with Gasteiger partial charge in [-0.1, -0.05) is 0 Å². The Kier molecular flexibility index (Phi) is 4.82. The standard InChI is InChI=1S/C15H14F3N3O3/c1-2-23-14(22)13(20)12(19)11-6-9-5-10(24-15(16,17)18)4-3-8(9)7-21-11/h3-7H,2,19-20H2,1H3/b13-12-. The molecule has 0 amide bonds. The number of benzene rings is 1. The number of rotatable bonds is 4. The second kappa shape index (κ2) is 6.65. The third-order valence-electron chi connectivity index (χ3n) is 2.99. The third-order valence-corrected chi connectivity index (χ3v) is 2.99. The minimum Gasteiger partial charge on any atom is -0.461 e.